The van der Waals surface area contributed by atoms with Crippen LogP contribution < -0.4 is 5.56 Å². The lowest BCUT2D eigenvalue weighted by molar-refractivity contribution is 0.103. The molecule has 1 aromatic heterocycles. The molecule has 0 radical (unpaired) electrons. The molecule has 0 N–H and O–H groups in total. The molecule has 0 bridgehead atoms. The third kappa shape index (κ3) is 1.34. The van der Waals surface area contributed by atoms with Crippen molar-refractivity contribution in [2.24, 2.45) is 0 Å². The number of hydrogen-bond donors (Lipinski definition) is 0. The second kappa shape index (κ2) is 3.77. The lowest BCUT2D eigenvalue weighted by atomic mass is 10.1. The molecule has 2 aromatic carbocycles. The largest absolute Gasteiger partial charge is 0.285 e. The van der Waals surface area contributed by atoms with Crippen molar-refractivity contribution in [2.75, 3.05) is 0 Å². The summed E-state index contributed by atoms with van der Waals surface area (Å²) in [4.78, 5) is 29.2. The number of halogens is 1. The van der Waals surface area contributed by atoms with Crippen molar-refractivity contribution < 1.29 is 4.79 Å². The number of aromatic nitrogens is 2. The summed E-state index contributed by atoms with van der Waals surface area (Å²) in [5, 5.41) is 0.875. The van der Waals surface area contributed by atoms with Gasteiger partial charge in [-0.2, -0.15) is 0 Å². The van der Waals surface area contributed by atoms with Crippen molar-refractivity contribution in [3.05, 3.63) is 69.2 Å². The van der Waals surface area contributed by atoms with Gasteiger partial charge in [0.1, 0.15) is 0 Å². The first-order chi connectivity index (χ1) is 9.66. The summed E-state index contributed by atoms with van der Waals surface area (Å²) >= 11 is 5.93. The van der Waals surface area contributed by atoms with Crippen molar-refractivity contribution >= 4 is 28.3 Å². The summed E-state index contributed by atoms with van der Waals surface area (Å²) in [6, 6.07) is 11.9. The molecule has 20 heavy (non-hydrogen) atoms. The van der Waals surface area contributed by atoms with Crippen molar-refractivity contribution in [3.8, 4) is 5.69 Å². The normalized spacial score (nSPS) is 12.6. The highest BCUT2D eigenvalue weighted by atomic mass is 35.5. The molecular formula is C15H7ClN2O2. The number of rotatable bonds is 0. The van der Waals surface area contributed by atoms with Crippen molar-refractivity contribution in [1.82, 2.24) is 9.55 Å². The highest BCUT2D eigenvalue weighted by Crippen LogP contribution is 2.26. The van der Waals surface area contributed by atoms with Crippen LogP contribution in [-0.2, 0) is 0 Å². The molecule has 0 atom stereocenters. The molecular weight excluding hydrogens is 276 g/mol. The van der Waals surface area contributed by atoms with Gasteiger partial charge in [0.25, 0.3) is 5.56 Å². The molecule has 3 aromatic rings. The Kier molecular flexibility index (Phi) is 2.15. The van der Waals surface area contributed by atoms with Crippen LogP contribution in [0.15, 0.2) is 47.3 Å². The summed E-state index contributed by atoms with van der Waals surface area (Å²) in [5.41, 5.74) is 1.28. The van der Waals surface area contributed by atoms with E-state index in [0.717, 1.165) is 0 Å². The van der Waals surface area contributed by atoms with Crippen LogP contribution in [0.2, 0.25) is 5.02 Å². The van der Waals surface area contributed by atoms with E-state index in [4.69, 9.17) is 11.6 Å². The lowest BCUT2D eigenvalue weighted by Crippen LogP contribution is -2.21. The van der Waals surface area contributed by atoms with E-state index in [1.165, 1.54) is 4.57 Å². The number of hydrogen-bond acceptors (Lipinski definition) is 3. The van der Waals surface area contributed by atoms with E-state index in [1.54, 1.807) is 42.5 Å². The summed E-state index contributed by atoms with van der Waals surface area (Å²) < 4.78 is 1.36. The van der Waals surface area contributed by atoms with E-state index in [1.807, 2.05) is 0 Å². The summed E-state index contributed by atoms with van der Waals surface area (Å²) in [7, 11) is 0. The van der Waals surface area contributed by atoms with Gasteiger partial charge in [0, 0.05) is 5.02 Å². The zero-order chi connectivity index (χ0) is 13.9. The first kappa shape index (κ1) is 11.4. The molecule has 0 spiro atoms. The molecule has 0 aliphatic carbocycles. The maximum atomic E-state index is 12.6. The Morgan fingerprint density at radius 1 is 1.05 bits per heavy atom. The van der Waals surface area contributed by atoms with Gasteiger partial charge in [0.05, 0.1) is 22.2 Å². The Labute approximate surface area is 118 Å². The molecule has 1 aliphatic heterocycles. The smallest absolute Gasteiger partial charge is 0.266 e. The van der Waals surface area contributed by atoms with E-state index in [9.17, 15) is 9.59 Å². The number of benzene rings is 2. The van der Waals surface area contributed by atoms with Crippen LogP contribution in [-0.4, -0.2) is 15.3 Å². The van der Waals surface area contributed by atoms with E-state index >= 15 is 0 Å². The predicted octanol–water partition coefficient (Wildman–Crippen LogP) is 2.58. The quantitative estimate of drug-likeness (QED) is 0.498. The SMILES string of the molecule is O=C1c2ccccc2-n2c1nc1ccc(Cl)cc1c2=O. The Morgan fingerprint density at radius 2 is 1.85 bits per heavy atom. The summed E-state index contributed by atoms with van der Waals surface area (Å²) in [6.07, 6.45) is 0. The van der Waals surface area contributed by atoms with E-state index in [2.05, 4.69) is 4.98 Å². The van der Waals surface area contributed by atoms with Gasteiger partial charge in [-0.25, -0.2) is 4.98 Å². The van der Waals surface area contributed by atoms with Gasteiger partial charge in [-0.3, -0.25) is 14.2 Å². The number of carbonyl (C=O) groups excluding carboxylic acids is 1. The third-order valence-electron chi connectivity index (χ3n) is 3.42. The standard InChI is InChI=1S/C15H7ClN2O2/c16-8-5-6-11-10(7-8)15(20)18-12-4-2-1-3-9(12)13(19)14(18)17-11/h1-7H. The highest BCUT2D eigenvalue weighted by molar-refractivity contribution is 6.31. The number of nitrogens with zero attached hydrogens (tertiary/aromatic N) is 2. The third-order valence-corrected chi connectivity index (χ3v) is 3.66. The molecule has 1 aliphatic rings. The van der Waals surface area contributed by atoms with E-state index in [-0.39, 0.29) is 17.2 Å². The number of carbonyl (C=O) groups is 1. The number of fused-ring (bicyclic) bond motifs is 4. The minimum Gasteiger partial charge on any atom is -0.285 e. The fourth-order valence-corrected chi connectivity index (χ4v) is 2.69. The molecule has 2 heterocycles. The van der Waals surface area contributed by atoms with Crippen LogP contribution in [0.3, 0.4) is 0 Å². The summed E-state index contributed by atoms with van der Waals surface area (Å²) in [5.74, 6) is -0.0689. The lowest BCUT2D eigenvalue weighted by Gasteiger charge is -2.05. The van der Waals surface area contributed by atoms with Gasteiger partial charge < -0.3 is 0 Å². The molecule has 0 fully saturated rings. The molecule has 0 saturated carbocycles. The topological polar surface area (TPSA) is 52.0 Å². The highest BCUT2D eigenvalue weighted by Gasteiger charge is 2.29. The fraction of sp³-hybridized carbons (Fsp3) is 0. The predicted molar refractivity (Wildman–Crippen MR) is 75.8 cm³/mol. The van der Waals surface area contributed by atoms with Gasteiger partial charge >= 0.3 is 0 Å². The Bertz CT molecular complexity index is 960. The maximum absolute atomic E-state index is 12.6. The minimum absolute atomic E-state index is 0.158. The van der Waals surface area contributed by atoms with Gasteiger partial charge in [-0.15, -0.1) is 0 Å². The second-order valence-electron chi connectivity index (χ2n) is 4.58. The Morgan fingerprint density at radius 3 is 2.70 bits per heavy atom. The molecule has 5 heteroatoms. The number of para-hydroxylation sites is 1. The van der Waals surface area contributed by atoms with Crippen molar-refractivity contribution in [1.29, 1.82) is 0 Å². The average molecular weight is 283 g/mol. The Hall–Kier alpha value is -2.46. The molecule has 4 nitrogen and oxygen atoms in total. The first-order valence-corrected chi connectivity index (χ1v) is 6.41. The van der Waals surface area contributed by atoms with Crippen LogP contribution in [0.5, 0.6) is 0 Å². The molecule has 0 unspecified atom stereocenters. The van der Waals surface area contributed by atoms with Crippen molar-refractivity contribution in [2.45, 2.75) is 0 Å². The fourth-order valence-electron chi connectivity index (χ4n) is 2.51. The monoisotopic (exact) mass is 282 g/mol. The first-order valence-electron chi connectivity index (χ1n) is 6.03. The van der Waals surface area contributed by atoms with E-state index in [0.29, 0.717) is 27.2 Å². The molecule has 4 rings (SSSR count). The van der Waals surface area contributed by atoms with E-state index < -0.39 is 0 Å². The van der Waals surface area contributed by atoms with Crippen LogP contribution >= 0.6 is 11.6 Å². The van der Waals surface area contributed by atoms with Crippen LogP contribution in [0, 0.1) is 0 Å². The molecule has 96 valence electrons. The second-order valence-corrected chi connectivity index (χ2v) is 5.02. The average Bonchev–Trinajstić information content (AvgIpc) is 2.74. The van der Waals surface area contributed by atoms with Gasteiger partial charge in [-0.05, 0) is 30.3 Å². The van der Waals surface area contributed by atoms with Gasteiger partial charge in [-0.1, -0.05) is 23.7 Å². The number of ketones is 1. The van der Waals surface area contributed by atoms with Crippen LogP contribution in [0.25, 0.3) is 16.6 Å². The molecule has 0 amide bonds. The van der Waals surface area contributed by atoms with Gasteiger partial charge in [0.15, 0.2) is 5.82 Å². The van der Waals surface area contributed by atoms with Crippen LogP contribution in [0.4, 0.5) is 0 Å². The summed E-state index contributed by atoms with van der Waals surface area (Å²) in [6.45, 7) is 0. The molecule has 0 saturated heterocycles. The Balaban J connectivity index is 2.21. The maximum Gasteiger partial charge on any atom is 0.266 e. The van der Waals surface area contributed by atoms with Gasteiger partial charge in [0.2, 0.25) is 5.78 Å². The minimum atomic E-state index is -0.272. The zero-order valence-corrected chi connectivity index (χ0v) is 10.9. The van der Waals surface area contributed by atoms with Crippen LogP contribution in [0.1, 0.15) is 16.2 Å². The zero-order valence-electron chi connectivity index (χ0n) is 10.1. The van der Waals surface area contributed by atoms with Crippen molar-refractivity contribution in [3.63, 3.8) is 0 Å².